The van der Waals surface area contributed by atoms with Crippen molar-refractivity contribution < 1.29 is 14.3 Å². The molecule has 0 bridgehead atoms. The third kappa shape index (κ3) is 3.15. The van der Waals surface area contributed by atoms with Crippen LogP contribution in [-0.4, -0.2) is 65.0 Å². The molecule has 2 amide bonds. The zero-order valence-corrected chi connectivity index (χ0v) is 13.6. The van der Waals surface area contributed by atoms with Crippen molar-refractivity contribution in [1.82, 2.24) is 14.8 Å². The first kappa shape index (κ1) is 15.4. The number of hydrogen-bond acceptors (Lipinski definition) is 5. The lowest BCUT2D eigenvalue weighted by atomic mass is 10.0. The number of nitrogens with zero attached hydrogens (tertiary/aromatic N) is 3. The summed E-state index contributed by atoms with van der Waals surface area (Å²) >= 11 is 1.43. The maximum atomic E-state index is 12.9. The normalized spacial score (nSPS) is 22.8. The van der Waals surface area contributed by atoms with Gasteiger partial charge in [0.1, 0.15) is 5.69 Å². The average Bonchev–Trinajstić information content (AvgIpc) is 3.20. The summed E-state index contributed by atoms with van der Waals surface area (Å²) < 4.78 is 5.43. The molecule has 22 heavy (non-hydrogen) atoms. The molecular weight excluding hydrogens is 302 g/mol. The number of aromatic nitrogens is 1. The molecule has 1 atom stereocenters. The van der Waals surface area contributed by atoms with E-state index in [0.717, 1.165) is 25.8 Å². The number of carbonyl (C=O) groups is 2. The second kappa shape index (κ2) is 6.75. The zero-order valence-electron chi connectivity index (χ0n) is 12.7. The number of amides is 2. The average molecular weight is 323 g/mol. The van der Waals surface area contributed by atoms with E-state index >= 15 is 0 Å². The Labute approximate surface area is 134 Å². The SMILES string of the molecule is CC(=O)N1CCC(N(C(=O)c2cscn2)C2CCOCC2)C1. The van der Waals surface area contributed by atoms with Crippen LogP contribution >= 0.6 is 11.3 Å². The first-order valence-corrected chi connectivity index (χ1v) is 8.65. The Bertz CT molecular complexity index is 528. The molecule has 1 unspecified atom stereocenters. The summed E-state index contributed by atoms with van der Waals surface area (Å²) in [4.78, 5) is 32.4. The molecule has 0 radical (unpaired) electrons. The van der Waals surface area contributed by atoms with E-state index < -0.39 is 0 Å². The van der Waals surface area contributed by atoms with Crippen LogP contribution in [0.5, 0.6) is 0 Å². The van der Waals surface area contributed by atoms with Crippen molar-refractivity contribution in [3.8, 4) is 0 Å². The molecule has 3 heterocycles. The summed E-state index contributed by atoms with van der Waals surface area (Å²) in [6.45, 7) is 4.32. The fraction of sp³-hybridized carbons (Fsp3) is 0.667. The summed E-state index contributed by atoms with van der Waals surface area (Å²) in [6.07, 6.45) is 2.55. The lowest BCUT2D eigenvalue weighted by Crippen LogP contribution is -2.50. The smallest absolute Gasteiger partial charge is 0.273 e. The summed E-state index contributed by atoms with van der Waals surface area (Å²) in [7, 11) is 0. The Kier molecular flexibility index (Phi) is 4.73. The van der Waals surface area contributed by atoms with E-state index in [4.69, 9.17) is 4.74 Å². The third-order valence-electron chi connectivity index (χ3n) is 4.47. The minimum atomic E-state index is -0.0106. The molecule has 2 fully saturated rings. The summed E-state index contributed by atoms with van der Waals surface area (Å²) in [5, 5.41) is 1.80. The third-order valence-corrected chi connectivity index (χ3v) is 5.06. The maximum absolute atomic E-state index is 12.9. The fourth-order valence-electron chi connectivity index (χ4n) is 3.30. The monoisotopic (exact) mass is 323 g/mol. The second-order valence-electron chi connectivity index (χ2n) is 5.84. The fourth-order valence-corrected chi connectivity index (χ4v) is 3.82. The molecule has 2 aliphatic rings. The van der Waals surface area contributed by atoms with Crippen LogP contribution in [0.15, 0.2) is 10.9 Å². The van der Waals surface area contributed by atoms with Crippen molar-refractivity contribution in [1.29, 1.82) is 0 Å². The van der Waals surface area contributed by atoms with Gasteiger partial charge in [0.05, 0.1) is 11.6 Å². The Morgan fingerprint density at radius 2 is 2.09 bits per heavy atom. The van der Waals surface area contributed by atoms with E-state index in [0.29, 0.717) is 25.5 Å². The van der Waals surface area contributed by atoms with Gasteiger partial charge in [-0.25, -0.2) is 4.98 Å². The summed E-state index contributed by atoms with van der Waals surface area (Å²) in [5.74, 6) is 0.0686. The summed E-state index contributed by atoms with van der Waals surface area (Å²) in [6, 6.07) is 0.265. The van der Waals surface area contributed by atoms with Crippen LogP contribution in [0.4, 0.5) is 0 Å². The maximum Gasteiger partial charge on any atom is 0.273 e. The van der Waals surface area contributed by atoms with Crippen LogP contribution in [0.25, 0.3) is 0 Å². The minimum Gasteiger partial charge on any atom is -0.381 e. The van der Waals surface area contributed by atoms with Gasteiger partial charge in [0.2, 0.25) is 5.91 Å². The molecule has 1 aromatic heterocycles. The molecule has 0 saturated carbocycles. The number of rotatable bonds is 3. The Morgan fingerprint density at radius 1 is 1.32 bits per heavy atom. The van der Waals surface area contributed by atoms with Gasteiger partial charge < -0.3 is 14.5 Å². The van der Waals surface area contributed by atoms with Crippen LogP contribution in [0, 0.1) is 0 Å². The van der Waals surface area contributed by atoms with Gasteiger partial charge in [0.25, 0.3) is 5.91 Å². The predicted molar refractivity (Wildman–Crippen MR) is 82.8 cm³/mol. The van der Waals surface area contributed by atoms with Crippen molar-refractivity contribution in [2.45, 2.75) is 38.3 Å². The van der Waals surface area contributed by atoms with Gasteiger partial charge in [-0.3, -0.25) is 9.59 Å². The molecule has 0 spiro atoms. The van der Waals surface area contributed by atoms with Crippen molar-refractivity contribution >= 4 is 23.2 Å². The number of thiazole rings is 1. The number of likely N-dealkylation sites (tertiary alicyclic amines) is 1. The minimum absolute atomic E-state index is 0.0106. The molecule has 2 aliphatic heterocycles. The number of hydrogen-bond donors (Lipinski definition) is 0. The standard InChI is InChI=1S/C15H21N3O3S/c1-11(19)17-5-2-13(8-17)18(12-3-6-21-7-4-12)15(20)14-9-22-10-16-14/h9-10,12-13H,2-8H2,1H3. The molecule has 0 aliphatic carbocycles. The highest BCUT2D eigenvalue weighted by molar-refractivity contribution is 7.07. The Balaban J connectivity index is 1.80. The molecule has 0 N–H and O–H groups in total. The number of carbonyl (C=O) groups excluding carboxylic acids is 2. The molecule has 7 heteroatoms. The molecule has 2 saturated heterocycles. The van der Waals surface area contributed by atoms with E-state index in [-0.39, 0.29) is 23.9 Å². The van der Waals surface area contributed by atoms with E-state index in [2.05, 4.69) is 4.98 Å². The summed E-state index contributed by atoms with van der Waals surface area (Å²) in [5.41, 5.74) is 2.20. The number of ether oxygens (including phenoxy) is 1. The topological polar surface area (TPSA) is 62.7 Å². The van der Waals surface area contributed by atoms with Gasteiger partial charge in [0, 0.05) is 44.6 Å². The largest absolute Gasteiger partial charge is 0.381 e. The van der Waals surface area contributed by atoms with E-state index in [1.165, 1.54) is 11.3 Å². The van der Waals surface area contributed by atoms with Crippen LogP contribution in [0.1, 0.15) is 36.7 Å². The Hall–Kier alpha value is -1.47. The molecular formula is C15H21N3O3S. The molecule has 3 rings (SSSR count). The Morgan fingerprint density at radius 3 is 2.68 bits per heavy atom. The van der Waals surface area contributed by atoms with E-state index in [1.807, 2.05) is 9.80 Å². The van der Waals surface area contributed by atoms with E-state index in [9.17, 15) is 9.59 Å². The predicted octanol–water partition coefficient (Wildman–Crippen LogP) is 1.39. The van der Waals surface area contributed by atoms with Crippen molar-refractivity contribution in [3.63, 3.8) is 0 Å². The zero-order chi connectivity index (χ0) is 15.5. The van der Waals surface area contributed by atoms with Crippen LogP contribution in [-0.2, 0) is 9.53 Å². The molecule has 1 aromatic rings. The lowest BCUT2D eigenvalue weighted by Gasteiger charge is -2.38. The lowest BCUT2D eigenvalue weighted by molar-refractivity contribution is -0.128. The second-order valence-corrected chi connectivity index (χ2v) is 6.56. The first-order chi connectivity index (χ1) is 10.7. The van der Waals surface area contributed by atoms with Crippen LogP contribution in [0.2, 0.25) is 0 Å². The van der Waals surface area contributed by atoms with Crippen molar-refractivity contribution in [3.05, 3.63) is 16.6 Å². The highest BCUT2D eigenvalue weighted by atomic mass is 32.1. The van der Waals surface area contributed by atoms with Crippen LogP contribution < -0.4 is 0 Å². The van der Waals surface area contributed by atoms with Crippen LogP contribution in [0.3, 0.4) is 0 Å². The van der Waals surface area contributed by atoms with Gasteiger partial charge in [-0.2, -0.15) is 0 Å². The highest BCUT2D eigenvalue weighted by Crippen LogP contribution is 2.25. The van der Waals surface area contributed by atoms with Gasteiger partial charge in [-0.15, -0.1) is 11.3 Å². The molecule has 120 valence electrons. The highest BCUT2D eigenvalue weighted by Gasteiger charge is 2.37. The van der Waals surface area contributed by atoms with Crippen molar-refractivity contribution in [2.24, 2.45) is 0 Å². The van der Waals surface area contributed by atoms with Gasteiger partial charge in [0.15, 0.2) is 0 Å². The molecule has 0 aromatic carbocycles. The van der Waals surface area contributed by atoms with Gasteiger partial charge in [-0.1, -0.05) is 0 Å². The molecule has 6 nitrogen and oxygen atoms in total. The quantitative estimate of drug-likeness (QED) is 0.843. The van der Waals surface area contributed by atoms with E-state index in [1.54, 1.807) is 17.8 Å². The van der Waals surface area contributed by atoms with Gasteiger partial charge >= 0.3 is 0 Å². The van der Waals surface area contributed by atoms with Gasteiger partial charge in [-0.05, 0) is 19.3 Å². The van der Waals surface area contributed by atoms with Crippen molar-refractivity contribution in [2.75, 3.05) is 26.3 Å². The first-order valence-electron chi connectivity index (χ1n) is 7.71.